The van der Waals surface area contributed by atoms with Gasteiger partial charge in [-0.15, -0.1) is 0 Å². The number of halogens is 3. The molecule has 2 N–H and O–H groups in total. The van der Waals surface area contributed by atoms with Gasteiger partial charge in [-0.25, -0.2) is 14.8 Å². The number of rotatable bonds is 7. The summed E-state index contributed by atoms with van der Waals surface area (Å²) in [7, 11) is 0. The lowest BCUT2D eigenvalue weighted by Gasteiger charge is -2.40. The molecule has 0 spiro atoms. The normalized spacial score (nSPS) is 16.6. The first-order chi connectivity index (χ1) is 17.5. The van der Waals surface area contributed by atoms with Crippen LogP contribution in [0, 0.1) is 6.92 Å². The SMILES string of the molecule is Cc1cnc(N2CC(Oc3cccc(C(F)(F)F)n3)C2)c(C(=O)NC2(c3ccc(C(=O)O)cc3)CC2)c1. The average Bonchev–Trinajstić information content (AvgIpc) is 3.61. The number of benzene rings is 1. The van der Waals surface area contributed by atoms with E-state index in [1.807, 2.05) is 11.8 Å². The predicted octanol–water partition coefficient (Wildman–Crippen LogP) is 4.19. The van der Waals surface area contributed by atoms with Crippen molar-refractivity contribution in [2.24, 2.45) is 0 Å². The minimum absolute atomic E-state index is 0.112. The van der Waals surface area contributed by atoms with Gasteiger partial charge in [0.25, 0.3) is 5.91 Å². The second kappa shape index (κ2) is 9.06. The molecule has 2 aliphatic rings. The van der Waals surface area contributed by atoms with Crippen LogP contribution in [-0.2, 0) is 11.7 Å². The van der Waals surface area contributed by atoms with E-state index in [1.54, 1.807) is 24.4 Å². The number of carbonyl (C=O) groups excluding carboxylic acids is 1. The Kier molecular flexibility index (Phi) is 6.01. The molecule has 2 aromatic heterocycles. The fourth-order valence-corrected chi connectivity index (χ4v) is 4.30. The van der Waals surface area contributed by atoms with Gasteiger partial charge in [0.05, 0.1) is 29.8 Å². The van der Waals surface area contributed by atoms with E-state index in [0.29, 0.717) is 24.5 Å². The molecule has 0 atom stereocenters. The Morgan fingerprint density at radius 2 is 1.84 bits per heavy atom. The lowest BCUT2D eigenvalue weighted by Crippen LogP contribution is -2.55. The number of hydrogen-bond acceptors (Lipinski definition) is 6. The van der Waals surface area contributed by atoms with Crippen molar-refractivity contribution in [2.45, 2.75) is 37.6 Å². The highest BCUT2D eigenvalue weighted by Crippen LogP contribution is 2.46. The molecule has 1 saturated carbocycles. The molecule has 11 heteroatoms. The molecule has 1 aromatic carbocycles. The molecule has 192 valence electrons. The summed E-state index contributed by atoms with van der Waals surface area (Å²) in [4.78, 5) is 34.3. The van der Waals surface area contributed by atoms with Gasteiger partial charge in [-0.3, -0.25) is 4.79 Å². The highest BCUT2D eigenvalue weighted by atomic mass is 19.4. The summed E-state index contributed by atoms with van der Waals surface area (Å²) in [6.07, 6.45) is -1.87. The minimum Gasteiger partial charge on any atom is -0.478 e. The maximum absolute atomic E-state index is 13.4. The Hall–Kier alpha value is -4.15. The molecule has 3 heterocycles. The van der Waals surface area contributed by atoms with Gasteiger partial charge in [0.15, 0.2) is 0 Å². The third-order valence-corrected chi connectivity index (χ3v) is 6.48. The quantitative estimate of drug-likeness (QED) is 0.489. The third-order valence-electron chi connectivity index (χ3n) is 6.48. The fourth-order valence-electron chi connectivity index (χ4n) is 4.30. The van der Waals surface area contributed by atoms with Gasteiger partial charge in [-0.1, -0.05) is 18.2 Å². The summed E-state index contributed by atoms with van der Waals surface area (Å²) in [6.45, 7) is 2.48. The van der Waals surface area contributed by atoms with Gasteiger partial charge in [0.2, 0.25) is 5.88 Å². The molecular formula is C26H23F3N4O4. The van der Waals surface area contributed by atoms with Crippen molar-refractivity contribution in [1.82, 2.24) is 15.3 Å². The number of aromatic nitrogens is 2. The first-order valence-electron chi connectivity index (χ1n) is 11.6. The molecule has 1 amide bonds. The van der Waals surface area contributed by atoms with Crippen LogP contribution in [0.3, 0.4) is 0 Å². The molecule has 3 aromatic rings. The number of aromatic carboxylic acids is 1. The molecule has 0 bridgehead atoms. The summed E-state index contributed by atoms with van der Waals surface area (Å²) in [5.41, 5.74) is 0.595. The summed E-state index contributed by atoms with van der Waals surface area (Å²) < 4.78 is 44.4. The van der Waals surface area contributed by atoms with Crippen LogP contribution in [0.25, 0.3) is 0 Å². The zero-order valence-electron chi connectivity index (χ0n) is 19.7. The number of hydrogen-bond donors (Lipinski definition) is 2. The maximum Gasteiger partial charge on any atom is 0.433 e. The van der Waals surface area contributed by atoms with E-state index in [1.165, 1.54) is 24.3 Å². The van der Waals surface area contributed by atoms with Crippen molar-refractivity contribution in [3.63, 3.8) is 0 Å². The molecule has 8 nitrogen and oxygen atoms in total. The first-order valence-corrected chi connectivity index (χ1v) is 11.6. The highest BCUT2D eigenvalue weighted by Gasteiger charge is 2.46. The number of alkyl halides is 3. The van der Waals surface area contributed by atoms with Gasteiger partial charge in [-0.2, -0.15) is 13.2 Å². The minimum atomic E-state index is -4.56. The molecule has 1 aliphatic heterocycles. The second-order valence-electron chi connectivity index (χ2n) is 9.31. The van der Waals surface area contributed by atoms with Gasteiger partial charge in [-0.05, 0) is 55.2 Å². The zero-order valence-corrected chi connectivity index (χ0v) is 19.7. The van der Waals surface area contributed by atoms with Crippen molar-refractivity contribution in [1.29, 1.82) is 0 Å². The van der Waals surface area contributed by atoms with Crippen molar-refractivity contribution in [3.05, 3.63) is 82.7 Å². The number of pyridine rings is 2. The number of carbonyl (C=O) groups is 2. The topological polar surface area (TPSA) is 105 Å². The van der Waals surface area contributed by atoms with Gasteiger partial charge < -0.3 is 20.1 Å². The van der Waals surface area contributed by atoms with Crippen LogP contribution in [0.4, 0.5) is 19.0 Å². The molecule has 37 heavy (non-hydrogen) atoms. The number of aryl methyl sites for hydroxylation is 1. The molecule has 0 radical (unpaired) electrons. The predicted molar refractivity (Wildman–Crippen MR) is 127 cm³/mol. The highest BCUT2D eigenvalue weighted by molar-refractivity contribution is 6.00. The Balaban J connectivity index is 1.28. The summed E-state index contributed by atoms with van der Waals surface area (Å²) >= 11 is 0. The number of ether oxygens (including phenoxy) is 1. The van der Waals surface area contributed by atoms with Crippen LogP contribution in [0.15, 0.2) is 54.7 Å². The van der Waals surface area contributed by atoms with E-state index in [0.717, 1.165) is 30.0 Å². The standard InChI is InChI=1S/C26H23F3N4O4/c1-15-11-19(23(34)32-25(9-10-25)17-7-5-16(6-8-17)24(35)36)22(30-12-15)33-13-18(14-33)37-21-4-2-3-20(31-21)26(27,28)29/h2-8,11-12,18H,9-10,13-14H2,1H3,(H,32,34)(H,35,36). The number of amides is 1. The monoisotopic (exact) mass is 512 g/mol. The number of nitrogens with zero attached hydrogens (tertiary/aromatic N) is 3. The van der Waals surface area contributed by atoms with Crippen LogP contribution < -0.4 is 15.0 Å². The molecule has 5 rings (SSSR count). The van der Waals surface area contributed by atoms with Crippen molar-refractivity contribution in [2.75, 3.05) is 18.0 Å². The molecule has 0 unspecified atom stereocenters. The summed E-state index contributed by atoms with van der Waals surface area (Å²) in [5, 5.41) is 12.2. The van der Waals surface area contributed by atoms with Crippen LogP contribution in [0.2, 0.25) is 0 Å². The smallest absolute Gasteiger partial charge is 0.433 e. The largest absolute Gasteiger partial charge is 0.478 e. The lowest BCUT2D eigenvalue weighted by molar-refractivity contribution is -0.141. The van der Waals surface area contributed by atoms with E-state index < -0.39 is 29.5 Å². The van der Waals surface area contributed by atoms with E-state index in [-0.39, 0.29) is 17.4 Å². The van der Waals surface area contributed by atoms with Crippen LogP contribution >= 0.6 is 0 Å². The number of anilines is 1. The van der Waals surface area contributed by atoms with E-state index in [9.17, 15) is 22.8 Å². The molecule has 1 saturated heterocycles. The first kappa shape index (κ1) is 24.5. The van der Waals surface area contributed by atoms with E-state index >= 15 is 0 Å². The van der Waals surface area contributed by atoms with E-state index in [4.69, 9.17) is 9.84 Å². The molecule has 1 aliphatic carbocycles. The average molecular weight is 512 g/mol. The number of nitrogens with one attached hydrogen (secondary N) is 1. The lowest BCUT2D eigenvalue weighted by atomic mass is 10.0. The number of carboxylic acids is 1. The number of carboxylic acid groups (broad SMARTS) is 1. The van der Waals surface area contributed by atoms with Crippen LogP contribution in [-0.4, -0.2) is 46.1 Å². The Labute approximate surface area is 210 Å². The zero-order chi connectivity index (χ0) is 26.4. The summed E-state index contributed by atoms with van der Waals surface area (Å²) in [6, 6.07) is 11.7. The van der Waals surface area contributed by atoms with Gasteiger partial charge in [0.1, 0.15) is 17.6 Å². The molecular weight excluding hydrogens is 489 g/mol. The third kappa shape index (κ3) is 5.07. The fraction of sp³-hybridized carbons (Fsp3) is 0.308. The second-order valence-corrected chi connectivity index (χ2v) is 9.31. The van der Waals surface area contributed by atoms with Crippen LogP contribution in [0.5, 0.6) is 5.88 Å². The Bertz CT molecular complexity index is 1350. The molecule has 2 fully saturated rings. The maximum atomic E-state index is 13.4. The van der Waals surface area contributed by atoms with E-state index in [2.05, 4.69) is 15.3 Å². The Morgan fingerprint density at radius 1 is 1.14 bits per heavy atom. The summed E-state index contributed by atoms with van der Waals surface area (Å²) in [5.74, 6) is -0.984. The van der Waals surface area contributed by atoms with Crippen molar-refractivity contribution >= 4 is 17.7 Å². The van der Waals surface area contributed by atoms with Crippen molar-refractivity contribution in [3.8, 4) is 5.88 Å². The van der Waals surface area contributed by atoms with Gasteiger partial charge in [0, 0.05) is 12.3 Å². The van der Waals surface area contributed by atoms with Crippen LogP contribution in [0.1, 0.15) is 50.4 Å². The van der Waals surface area contributed by atoms with Crippen molar-refractivity contribution < 1.29 is 32.6 Å². The Morgan fingerprint density at radius 3 is 2.46 bits per heavy atom. The van der Waals surface area contributed by atoms with Gasteiger partial charge >= 0.3 is 12.1 Å².